The van der Waals surface area contributed by atoms with Crippen LogP contribution in [0.5, 0.6) is 0 Å². The van der Waals surface area contributed by atoms with Gasteiger partial charge in [0.2, 0.25) is 0 Å². The molecule has 248 valence electrons. The predicted octanol–water partition coefficient (Wildman–Crippen LogP) is 4.92. The highest BCUT2D eigenvalue weighted by Gasteiger charge is 2.69. The molecule has 1 saturated heterocycles. The first-order chi connectivity index (χ1) is 20.3. The molecule has 2 N–H and O–H groups in total. The number of aliphatic hydroxyl groups excluding tert-OH is 1. The summed E-state index contributed by atoms with van der Waals surface area (Å²) in [6, 6.07) is 0. The molecule has 0 radical (unpaired) electrons. The normalized spacial score (nSPS) is 41.0. The number of hydrogen-bond donors (Lipinski definition) is 2. The molecule has 44 heavy (non-hydrogen) atoms. The second kappa shape index (κ2) is 12.2. The van der Waals surface area contributed by atoms with Gasteiger partial charge < -0.3 is 29.2 Å². The fourth-order valence-corrected chi connectivity index (χ4v) is 10.2. The van der Waals surface area contributed by atoms with Crippen molar-refractivity contribution in [2.24, 2.45) is 39.9 Å². The summed E-state index contributed by atoms with van der Waals surface area (Å²) in [6.45, 7) is 19.4. The molecule has 3 aliphatic carbocycles. The molecule has 0 aromatic carbocycles. The number of fused-ring (bicyclic) bond motifs is 3. The van der Waals surface area contributed by atoms with Crippen LogP contribution in [-0.2, 0) is 33.3 Å². The average molecular weight is 619 g/mol. The van der Waals surface area contributed by atoms with Crippen molar-refractivity contribution in [2.75, 3.05) is 13.7 Å². The maximum Gasteiger partial charge on any atom is 0.309 e. The number of methoxy groups -OCH3 is 1. The van der Waals surface area contributed by atoms with E-state index < -0.39 is 52.8 Å². The zero-order chi connectivity index (χ0) is 33.0. The minimum atomic E-state index is -1.15. The Morgan fingerprint density at radius 3 is 2.32 bits per heavy atom. The Morgan fingerprint density at radius 1 is 1.14 bits per heavy atom. The predicted molar refractivity (Wildman–Crippen MR) is 164 cm³/mol. The van der Waals surface area contributed by atoms with Gasteiger partial charge in [0.1, 0.15) is 18.3 Å². The first kappa shape index (κ1) is 34.6. The molecule has 9 nitrogen and oxygen atoms in total. The third kappa shape index (κ3) is 5.77. The summed E-state index contributed by atoms with van der Waals surface area (Å²) in [7, 11) is 1.33. The first-order valence-corrected chi connectivity index (χ1v) is 16.1. The van der Waals surface area contributed by atoms with Crippen LogP contribution in [0.2, 0.25) is 0 Å². The summed E-state index contributed by atoms with van der Waals surface area (Å²) in [6.07, 6.45) is 2.98. The lowest BCUT2D eigenvalue weighted by Crippen LogP contribution is -2.65. The summed E-state index contributed by atoms with van der Waals surface area (Å²) < 4.78 is 23.3. The Hall–Kier alpha value is -2.23. The highest BCUT2D eigenvalue weighted by molar-refractivity contribution is 5.71. The highest BCUT2D eigenvalue weighted by atomic mass is 16.6. The summed E-state index contributed by atoms with van der Waals surface area (Å²) in [5.74, 6) is -1.31. The Kier molecular flexibility index (Phi) is 9.59. The molecule has 0 bridgehead atoms. The van der Waals surface area contributed by atoms with Crippen molar-refractivity contribution in [1.82, 2.24) is 0 Å². The zero-order valence-electron chi connectivity index (χ0n) is 28.1. The zero-order valence-corrected chi connectivity index (χ0v) is 28.1. The number of hydrogen-bond acceptors (Lipinski definition) is 9. The molecule has 1 aliphatic heterocycles. The van der Waals surface area contributed by atoms with Crippen molar-refractivity contribution in [3.8, 4) is 0 Å². The lowest BCUT2D eigenvalue weighted by molar-refractivity contribution is -0.210. The van der Waals surface area contributed by atoms with Crippen LogP contribution in [0.25, 0.3) is 0 Å². The van der Waals surface area contributed by atoms with E-state index in [4.69, 9.17) is 18.9 Å². The van der Waals surface area contributed by atoms with E-state index in [1.165, 1.54) is 26.5 Å². The van der Waals surface area contributed by atoms with Crippen LogP contribution in [0.15, 0.2) is 23.8 Å². The van der Waals surface area contributed by atoms with Gasteiger partial charge in [-0.15, -0.1) is 0 Å². The van der Waals surface area contributed by atoms with Gasteiger partial charge in [-0.3, -0.25) is 14.4 Å². The maximum absolute atomic E-state index is 12.7. The van der Waals surface area contributed by atoms with E-state index in [0.29, 0.717) is 19.4 Å². The molecular weight excluding hydrogens is 564 g/mol. The van der Waals surface area contributed by atoms with E-state index in [1.54, 1.807) is 13.8 Å². The molecule has 9 heteroatoms. The number of esters is 3. The second-order valence-electron chi connectivity index (χ2n) is 15.2. The van der Waals surface area contributed by atoms with Crippen molar-refractivity contribution in [3.05, 3.63) is 23.8 Å². The molecule has 0 aromatic rings. The lowest BCUT2D eigenvalue weighted by atomic mass is 9.40. The van der Waals surface area contributed by atoms with Gasteiger partial charge in [0.05, 0.1) is 31.8 Å². The van der Waals surface area contributed by atoms with E-state index >= 15 is 0 Å². The number of ether oxygens (including phenoxy) is 4. The summed E-state index contributed by atoms with van der Waals surface area (Å²) in [4.78, 5) is 37.8. The molecule has 11 unspecified atom stereocenters. The Morgan fingerprint density at radius 2 is 1.80 bits per heavy atom. The van der Waals surface area contributed by atoms with Crippen LogP contribution in [0.1, 0.15) is 93.9 Å². The Labute approximate surface area is 262 Å². The van der Waals surface area contributed by atoms with Crippen molar-refractivity contribution < 1.29 is 43.5 Å². The van der Waals surface area contributed by atoms with Gasteiger partial charge in [0, 0.05) is 24.7 Å². The van der Waals surface area contributed by atoms with Crippen LogP contribution in [-0.4, -0.2) is 71.9 Å². The van der Waals surface area contributed by atoms with Gasteiger partial charge in [0.15, 0.2) is 0 Å². The van der Waals surface area contributed by atoms with Crippen LogP contribution in [0, 0.1) is 39.9 Å². The van der Waals surface area contributed by atoms with Gasteiger partial charge in [-0.2, -0.15) is 0 Å². The third-order valence-electron chi connectivity index (χ3n) is 12.0. The topological polar surface area (TPSA) is 129 Å². The number of rotatable bonds is 8. The molecule has 1 heterocycles. The van der Waals surface area contributed by atoms with E-state index in [9.17, 15) is 24.6 Å². The number of allylic oxidation sites excluding steroid dienone is 2. The minimum absolute atomic E-state index is 0.0835. The van der Waals surface area contributed by atoms with Crippen LogP contribution < -0.4 is 0 Å². The quantitative estimate of drug-likeness (QED) is 0.221. The number of carbonyl (C=O) groups is 3. The lowest BCUT2D eigenvalue weighted by Gasteiger charge is -2.66. The summed E-state index contributed by atoms with van der Waals surface area (Å²) >= 11 is 0. The summed E-state index contributed by atoms with van der Waals surface area (Å²) in [5.41, 5.74) is -0.619. The monoisotopic (exact) mass is 618 g/mol. The van der Waals surface area contributed by atoms with Crippen LogP contribution >= 0.6 is 0 Å². The minimum Gasteiger partial charge on any atom is -0.469 e. The molecule has 0 aromatic heterocycles. The molecule has 2 saturated carbocycles. The van der Waals surface area contributed by atoms with Gasteiger partial charge in [-0.25, -0.2) is 0 Å². The van der Waals surface area contributed by atoms with Gasteiger partial charge in [0.25, 0.3) is 0 Å². The van der Waals surface area contributed by atoms with Gasteiger partial charge in [-0.05, 0) is 82.0 Å². The Bertz CT molecular complexity index is 1190. The molecule has 3 fully saturated rings. The first-order valence-electron chi connectivity index (χ1n) is 16.1. The molecule has 4 aliphatic rings. The smallest absolute Gasteiger partial charge is 0.309 e. The fraction of sp³-hybridized carbons (Fsp3) is 0.800. The fourth-order valence-electron chi connectivity index (χ4n) is 10.2. The molecule has 0 spiro atoms. The largest absolute Gasteiger partial charge is 0.469 e. The van der Waals surface area contributed by atoms with E-state index in [2.05, 4.69) is 33.4 Å². The van der Waals surface area contributed by atoms with Gasteiger partial charge >= 0.3 is 17.9 Å². The number of aliphatic hydroxyl groups is 2. The van der Waals surface area contributed by atoms with Crippen LogP contribution in [0.4, 0.5) is 0 Å². The van der Waals surface area contributed by atoms with Crippen molar-refractivity contribution in [1.29, 1.82) is 0 Å². The SMILES string of the molecule is C=C(C)C1CC(OC(C)=O)C2(C)C3=CCC(C4COC(C(C)(C)O)C(O)C4)C3(C)CCC2C1(C)C(CC(=O)OC)OC(C)=O. The van der Waals surface area contributed by atoms with Crippen molar-refractivity contribution >= 4 is 17.9 Å². The molecule has 0 amide bonds. The molecular formula is C35H54O9. The number of carbonyl (C=O) groups excluding carboxylic acids is 3. The average Bonchev–Trinajstić information content (AvgIpc) is 3.26. The molecule has 4 rings (SSSR count). The van der Waals surface area contributed by atoms with E-state index in [1.807, 2.05) is 6.92 Å². The third-order valence-corrected chi connectivity index (χ3v) is 12.0. The van der Waals surface area contributed by atoms with Gasteiger partial charge in [-0.1, -0.05) is 44.6 Å². The standard InChI is InChI=1S/C35H54O9/c1-19(2)24-16-28(43-20(3)36)35(9)26-12-11-23(22-15-25(38)31(42-18-22)32(5,6)40)33(26,7)14-13-27(35)34(24,8)29(44-21(4)37)17-30(39)41-10/h12,22-25,27-29,31,38,40H,1,11,13-18H2,2-10H3. The second-order valence-corrected chi connectivity index (χ2v) is 15.2. The molecule has 11 atom stereocenters. The maximum atomic E-state index is 12.7. The van der Waals surface area contributed by atoms with Crippen molar-refractivity contribution in [2.45, 2.75) is 124 Å². The Balaban J connectivity index is 1.79. The highest BCUT2D eigenvalue weighted by Crippen LogP contribution is 2.71. The summed E-state index contributed by atoms with van der Waals surface area (Å²) in [5, 5.41) is 21.6. The van der Waals surface area contributed by atoms with Crippen LogP contribution in [0.3, 0.4) is 0 Å². The van der Waals surface area contributed by atoms with E-state index in [-0.39, 0.29) is 41.5 Å². The van der Waals surface area contributed by atoms with E-state index in [0.717, 1.165) is 24.8 Å². The van der Waals surface area contributed by atoms with Crippen molar-refractivity contribution in [3.63, 3.8) is 0 Å².